The van der Waals surface area contributed by atoms with Crippen LogP contribution in [0.25, 0.3) is 22.4 Å². The second-order valence-corrected chi connectivity index (χ2v) is 7.20. The molecule has 25 heavy (non-hydrogen) atoms. The Bertz CT molecular complexity index is 915. The highest BCUT2D eigenvalue weighted by atomic mass is 16.7. The van der Waals surface area contributed by atoms with Gasteiger partial charge < -0.3 is 9.31 Å². The lowest BCUT2D eigenvalue weighted by atomic mass is 9.79. The van der Waals surface area contributed by atoms with Crippen LogP contribution in [0.4, 0.5) is 0 Å². The summed E-state index contributed by atoms with van der Waals surface area (Å²) in [7, 11) is -0.406. The maximum atomic E-state index is 6.13. The van der Waals surface area contributed by atoms with Crippen molar-refractivity contribution in [3.8, 4) is 11.5 Å². The summed E-state index contributed by atoms with van der Waals surface area (Å²) in [6.45, 7) is 8.19. The first-order valence-electron chi connectivity index (χ1n) is 8.24. The molecule has 0 N–H and O–H groups in total. The van der Waals surface area contributed by atoms with E-state index in [1.807, 2.05) is 58.0 Å². The normalized spacial score (nSPS) is 18.6. The predicted octanol–water partition coefficient (Wildman–Crippen LogP) is 2.39. The van der Waals surface area contributed by atoms with Gasteiger partial charge in [0.1, 0.15) is 18.3 Å². The standard InChI is InChI=1S/C18H19BN4O2/c1-17(2)18(3,4)25-19(24-17)13-7-5-12-6-8-14(23-15(12)9-13)16-21-10-20-11-22-16/h5-11H,1-4H3. The predicted molar refractivity (Wildman–Crippen MR) is 96.3 cm³/mol. The number of pyridine rings is 1. The number of hydrogen-bond acceptors (Lipinski definition) is 6. The van der Waals surface area contributed by atoms with Crippen molar-refractivity contribution in [2.75, 3.05) is 0 Å². The largest absolute Gasteiger partial charge is 0.494 e. The average Bonchev–Trinajstić information content (AvgIpc) is 2.82. The van der Waals surface area contributed by atoms with Crippen molar-refractivity contribution >= 4 is 23.5 Å². The van der Waals surface area contributed by atoms with Crippen LogP contribution in [0.3, 0.4) is 0 Å². The number of nitrogens with zero attached hydrogens (tertiary/aromatic N) is 4. The van der Waals surface area contributed by atoms with E-state index in [0.29, 0.717) is 11.5 Å². The molecule has 0 saturated carbocycles. The van der Waals surface area contributed by atoms with Crippen LogP contribution in [-0.4, -0.2) is 38.3 Å². The van der Waals surface area contributed by atoms with Crippen molar-refractivity contribution in [2.24, 2.45) is 0 Å². The third-order valence-corrected chi connectivity index (χ3v) is 4.96. The summed E-state index contributed by atoms with van der Waals surface area (Å²) >= 11 is 0. The monoisotopic (exact) mass is 334 g/mol. The Morgan fingerprint density at radius 2 is 1.52 bits per heavy atom. The smallest absolute Gasteiger partial charge is 0.399 e. The first-order valence-corrected chi connectivity index (χ1v) is 8.24. The molecule has 0 amide bonds. The maximum absolute atomic E-state index is 6.13. The lowest BCUT2D eigenvalue weighted by molar-refractivity contribution is 0.00578. The van der Waals surface area contributed by atoms with E-state index in [0.717, 1.165) is 16.4 Å². The topological polar surface area (TPSA) is 70.0 Å². The van der Waals surface area contributed by atoms with Crippen LogP contribution in [0.1, 0.15) is 27.7 Å². The zero-order valence-electron chi connectivity index (χ0n) is 14.7. The van der Waals surface area contributed by atoms with Gasteiger partial charge in [-0.3, -0.25) is 0 Å². The molecule has 0 atom stereocenters. The average molecular weight is 334 g/mol. The van der Waals surface area contributed by atoms with Gasteiger partial charge in [-0.15, -0.1) is 0 Å². The molecule has 7 heteroatoms. The van der Waals surface area contributed by atoms with Crippen molar-refractivity contribution in [3.05, 3.63) is 43.0 Å². The summed E-state index contributed by atoms with van der Waals surface area (Å²) in [6.07, 6.45) is 2.93. The summed E-state index contributed by atoms with van der Waals surface area (Å²) in [5, 5.41) is 1.04. The van der Waals surface area contributed by atoms with E-state index in [1.54, 1.807) is 0 Å². The molecule has 0 spiro atoms. The van der Waals surface area contributed by atoms with Gasteiger partial charge in [0.2, 0.25) is 0 Å². The first kappa shape index (κ1) is 16.1. The number of benzene rings is 1. The van der Waals surface area contributed by atoms with Gasteiger partial charge in [0.15, 0.2) is 5.82 Å². The molecule has 0 aliphatic carbocycles. The fourth-order valence-electron chi connectivity index (χ4n) is 2.76. The molecule has 6 nitrogen and oxygen atoms in total. The fraction of sp³-hybridized carbons (Fsp3) is 0.333. The fourth-order valence-corrected chi connectivity index (χ4v) is 2.76. The lowest BCUT2D eigenvalue weighted by Crippen LogP contribution is -2.41. The highest BCUT2D eigenvalue weighted by Gasteiger charge is 2.51. The molecule has 2 aromatic heterocycles. The third-order valence-electron chi connectivity index (χ3n) is 4.96. The highest BCUT2D eigenvalue weighted by molar-refractivity contribution is 6.62. The van der Waals surface area contributed by atoms with Gasteiger partial charge in [-0.25, -0.2) is 19.9 Å². The van der Waals surface area contributed by atoms with E-state index in [1.165, 1.54) is 12.7 Å². The minimum absolute atomic E-state index is 0.368. The molecule has 1 saturated heterocycles. The van der Waals surface area contributed by atoms with Crippen LogP contribution in [-0.2, 0) is 9.31 Å². The van der Waals surface area contributed by atoms with Gasteiger partial charge >= 0.3 is 7.12 Å². The second-order valence-electron chi connectivity index (χ2n) is 7.20. The van der Waals surface area contributed by atoms with E-state index < -0.39 is 7.12 Å². The van der Waals surface area contributed by atoms with Gasteiger partial charge in [-0.1, -0.05) is 18.2 Å². The Kier molecular flexibility index (Phi) is 3.59. The second kappa shape index (κ2) is 5.57. The van der Waals surface area contributed by atoms with Crippen molar-refractivity contribution in [3.63, 3.8) is 0 Å². The van der Waals surface area contributed by atoms with Gasteiger partial charge in [0, 0.05) is 5.39 Å². The summed E-state index contributed by atoms with van der Waals surface area (Å²) in [5.41, 5.74) is 1.78. The minimum atomic E-state index is -0.406. The molecule has 126 valence electrons. The Morgan fingerprint density at radius 3 is 2.20 bits per heavy atom. The highest BCUT2D eigenvalue weighted by Crippen LogP contribution is 2.36. The summed E-state index contributed by atoms with van der Waals surface area (Å²) in [5.74, 6) is 0.554. The van der Waals surface area contributed by atoms with E-state index in [2.05, 4.69) is 19.9 Å². The van der Waals surface area contributed by atoms with Crippen LogP contribution in [0.15, 0.2) is 43.0 Å². The zero-order valence-corrected chi connectivity index (χ0v) is 14.7. The maximum Gasteiger partial charge on any atom is 0.494 e. The molecule has 1 aliphatic rings. The van der Waals surface area contributed by atoms with Crippen LogP contribution in [0.5, 0.6) is 0 Å². The van der Waals surface area contributed by atoms with Gasteiger partial charge in [-0.05, 0) is 45.3 Å². The molecule has 0 radical (unpaired) electrons. The van der Waals surface area contributed by atoms with Crippen molar-refractivity contribution in [2.45, 2.75) is 38.9 Å². The first-order chi connectivity index (χ1) is 11.9. The molecular formula is C18H19BN4O2. The van der Waals surface area contributed by atoms with Crippen molar-refractivity contribution in [1.82, 2.24) is 19.9 Å². The van der Waals surface area contributed by atoms with Crippen LogP contribution < -0.4 is 5.46 Å². The van der Waals surface area contributed by atoms with E-state index in [-0.39, 0.29) is 11.2 Å². The SMILES string of the molecule is CC1(C)OB(c2ccc3ccc(-c4ncncn4)nc3c2)OC1(C)C. The molecule has 1 fully saturated rings. The number of rotatable bonds is 2. The Labute approximate surface area is 146 Å². The minimum Gasteiger partial charge on any atom is -0.399 e. The molecule has 3 aromatic rings. The van der Waals surface area contributed by atoms with Crippen LogP contribution >= 0.6 is 0 Å². The zero-order chi connectivity index (χ0) is 17.7. The molecule has 3 heterocycles. The molecule has 1 aliphatic heterocycles. The van der Waals surface area contributed by atoms with E-state index >= 15 is 0 Å². The summed E-state index contributed by atoms with van der Waals surface area (Å²) in [6, 6.07) is 9.97. The van der Waals surface area contributed by atoms with Crippen LogP contribution in [0, 0.1) is 0 Å². The molecule has 0 unspecified atom stereocenters. The third kappa shape index (κ3) is 2.79. The summed E-state index contributed by atoms with van der Waals surface area (Å²) < 4.78 is 12.3. The number of aromatic nitrogens is 4. The van der Waals surface area contributed by atoms with Gasteiger partial charge in [0.05, 0.1) is 16.7 Å². The Morgan fingerprint density at radius 1 is 0.880 bits per heavy atom. The molecule has 4 rings (SSSR count). The summed E-state index contributed by atoms with van der Waals surface area (Å²) in [4.78, 5) is 16.8. The molecule has 1 aromatic carbocycles. The lowest BCUT2D eigenvalue weighted by Gasteiger charge is -2.32. The van der Waals surface area contributed by atoms with Crippen molar-refractivity contribution < 1.29 is 9.31 Å². The Balaban J connectivity index is 1.73. The molecular weight excluding hydrogens is 315 g/mol. The van der Waals surface area contributed by atoms with E-state index in [9.17, 15) is 0 Å². The van der Waals surface area contributed by atoms with Crippen LogP contribution in [0.2, 0.25) is 0 Å². The van der Waals surface area contributed by atoms with Crippen molar-refractivity contribution in [1.29, 1.82) is 0 Å². The number of fused-ring (bicyclic) bond motifs is 1. The number of hydrogen-bond donors (Lipinski definition) is 0. The van der Waals surface area contributed by atoms with Gasteiger partial charge in [0.25, 0.3) is 0 Å². The van der Waals surface area contributed by atoms with E-state index in [4.69, 9.17) is 9.31 Å². The quantitative estimate of drug-likeness (QED) is 0.670. The van der Waals surface area contributed by atoms with Gasteiger partial charge in [-0.2, -0.15) is 0 Å². The Hall–Kier alpha value is -2.38. The molecule has 0 bridgehead atoms.